The third-order valence-corrected chi connectivity index (χ3v) is 3.93. The van der Waals surface area contributed by atoms with Crippen molar-refractivity contribution >= 4 is 0 Å². The summed E-state index contributed by atoms with van der Waals surface area (Å²) in [5, 5.41) is 3.64. The van der Waals surface area contributed by atoms with Gasteiger partial charge in [0.1, 0.15) is 0 Å². The van der Waals surface area contributed by atoms with Gasteiger partial charge in [0.15, 0.2) is 0 Å². The van der Waals surface area contributed by atoms with E-state index < -0.39 is 0 Å². The first-order valence-corrected chi connectivity index (χ1v) is 5.79. The zero-order valence-corrected chi connectivity index (χ0v) is 10.3. The molecule has 0 spiro atoms. The van der Waals surface area contributed by atoms with Crippen LogP contribution in [0.4, 0.5) is 0 Å². The molecule has 0 aromatic heterocycles. The molecule has 0 aromatic carbocycles. The molecule has 0 amide bonds. The van der Waals surface area contributed by atoms with Crippen molar-refractivity contribution in [3.8, 4) is 0 Å². The van der Waals surface area contributed by atoms with Gasteiger partial charge >= 0.3 is 0 Å². The second-order valence-electron chi connectivity index (χ2n) is 5.38. The van der Waals surface area contributed by atoms with Crippen LogP contribution in [0.25, 0.3) is 0 Å². The van der Waals surface area contributed by atoms with Gasteiger partial charge in [-0.25, -0.2) is 0 Å². The molecule has 1 unspecified atom stereocenters. The highest BCUT2D eigenvalue weighted by molar-refractivity contribution is 4.99. The molecule has 1 aliphatic rings. The Balaban J connectivity index is 2.66. The summed E-state index contributed by atoms with van der Waals surface area (Å²) < 4.78 is 5.85. The molecule has 2 heteroatoms. The average molecular weight is 199 g/mol. The Morgan fingerprint density at radius 1 is 1.29 bits per heavy atom. The third-order valence-electron chi connectivity index (χ3n) is 3.93. The molecule has 0 aliphatic carbocycles. The van der Waals surface area contributed by atoms with Gasteiger partial charge in [-0.1, -0.05) is 20.8 Å². The molecule has 1 rings (SSSR count). The Morgan fingerprint density at radius 2 is 1.93 bits per heavy atom. The summed E-state index contributed by atoms with van der Waals surface area (Å²) in [5.74, 6) is 0. The van der Waals surface area contributed by atoms with Crippen molar-refractivity contribution in [2.45, 2.75) is 59.1 Å². The second-order valence-corrected chi connectivity index (χ2v) is 5.38. The Morgan fingerprint density at radius 3 is 2.50 bits per heavy atom. The minimum atomic E-state index is -0.0172. The molecule has 84 valence electrons. The van der Waals surface area contributed by atoms with E-state index in [-0.39, 0.29) is 11.0 Å². The fraction of sp³-hybridized carbons (Fsp3) is 1.00. The van der Waals surface area contributed by atoms with Crippen molar-refractivity contribution in [1.29, 1.82) is 0 Å². The van der Waals surface area contributed by atoms with Crippen molar-refractivity contribution in [3.05, 3.63) is 0 Å². The summed E-state index contributed by atoms with van der Waals surface area (Å²) in [4.78, 5) is 0. The standard InChI is InChI=1S/C12H25NO/c1-6-8-13-10-7-9-14-12(4,5)11(10,2)3/h10,13H,6-9H2,1-5H3. The van der Waals surface area contributed by atoms with Crippen LogP contribution < -0.4 is 5.32 Å². The number of hydrogen-bond acceptors (Lipinski definition) is 2. The summed E-state index contributed by atoms with van der Waals surface area (Å²) in [6, 6.07) is 0.589. The average Bonchev–Trinajstić information content (AvgIpc) is 2.08. The monoisotopic (exact) mass is 199 g/mol. The normalized spacial score (nSPS) is 30.2. The predicted molar refractivity (Wildman–Crippen MR) is 60.5 cm³/mol. The Kier molecular flexibility index (Phi) is 3.59. The molecular formula is C12H25NO. The van der Waals surface area contributed by atoms with Crippen LogP contribution >= 0.6 is 0 Å². The molecule has 0 aromatic rings. The van der Waals surface area contributed by atoms with Gasteiger partial charge in [-0.3, -0.25) is 0 Å². The SMILES string of the molecule is CCCNC1CCOC(C)(C)C1(C)C. The first kappa shape index (κ1) is 12.0. The van der Waals surface area contributed by atoms with Crippen LogP contribution in [0.3, 0.4) is 0 Å². The Bertz CT molecular complexity index is 187. The first-order valence-electron chi connectivity index (χ1n) is 5.79. The van der Waals surface area contributed by atoms with Crippen LogP contribution in [0.15, 0.2) is 0 Å². The molecule has 0 bridgehead atoms. The van der Waals surface area contributed by atoms with E-state index in [1.54, 1.807) is 0 Å². The van der Waals surface area contributed by atoms with Crippen LogP contribution in [-0.4, -0.2) is 24.8 Å². The zero-order chi connectivity index (χ0) is 10.8. The van der Waals surface area contributed by atoms with E-state index in [2.05, 4.69) is 39.9 Å². The van der Waals surface area contributed by atoms with E-state index in [1.165, 1.54) is 6.42 Å². The number of nitrogens with one attached hydrogen (secondary N) is 1. The maximum absolute atomic E-state index is 5.85. The highest BCUT2D eigenvalue weighted by atomic mass is 16.5. The van der Waals surface area contributed by atoms with Crippen LogP contribution in [0.5, 0.6) is 0 Å². The van der Waals surface area contributed by atoms with Gasteiger partial charge in [0.2, 0.25) is 0 Å². The highest BCUT2D eigenvalue weighted by Gasteiger charge is 2.46. The van der Waals surface area contributed by atoms with Crippen LogP contribution in [0, 0.1) is 5.41 Å². The van der Waals surface area contributed by atoms with Gasteiger partial charge in [0.05, 0.1) is 5.60 Å². The molecule has 0 saturated carbocycles. The first-order chi connectivity index (χ1) is 6.42. The van der Waals surface area contributed by atoms with E-state index in [0.717, 1.165) is 19.6 Å². The number of ether oxygens (including phenoxy) is 1. The second kappa shape index (κ2) is 4.19. The topological polar surface area (TPSA) is 21.3 Å². The van der Waals surface area contributed by atoms with Crippen molar-refractivity contribution in [2.24, 2.45) is 5.41 Å². The van der Waals surface area contributed by atoms with E-state index in [0.29, 0.717) is 6.04 Å². The summed E-state index contributed by atoms with van der Waals surface area (Å²) in [6.45, 7) is 13.2. The number of hydrogen-bond donors (Lipinski definition) is 1. The van der Waals surface area contributed by atoms with Gasteiger partial charge in [-0.05, 0) is 33.2 Å². The maximum Gasteiger partial charge on any atom is 0.0692 e. The van der Waals surface area contributed by atoms with Crippen LogP contribution in [-0.2, 0) is 4.74 Å². The molecule has 1 atom stereocenters. The molecular weight excluding hydrogens is 174 g/mol. The van der Waals surface area contributed by atoms with Gasteiger partial charge in [-0.2, -0.15) is 0 Å². The molecule has 14 heavy (non-hydrogen) atoms. The molecule has 1 saturated heterocycles. The lowest BCUT2D eigenvalue weighted by atomic mass is 9.69. The fourth-order valence-corrected chi connectivity index (χ4v) is 2.07. The van der Waals surface area contributed by atoms with Crippen LogP contribution in [0.1, 0.15) is 47.5 Å². The summed E-state index contributed by atoms with van der Waals surface area (Å²) in [7, 11) is 0. The highest BCUT2D eigenvalue weighted by Crippen LogP contribution is 2.41. The van der Waals surface area contributed by atoms with Crippen LogP contribution in [0.2, 0.25) is 0 Å². The van der Waals surface area contributed by atoms with Crippen molar-refractivity contribution in [2.75, 3.05) is 13.2 Å². The molecule has 1 heterocycles. The third kappa shape index (κ3) is 2.12. The molecule has 1 aliphatic heterocycles. The minimum Gasteiger partial charge on any atom is -0.375 e. The largest absolute Gasteiger partial charge is 0.375 e. The molecule has 2 nitrogen and oxygen atoms in total. The lowest BCUT2D eigenvalue weighted by Crippen LogP contribution is -2.58. The van der Waals surface area contributed by atoms with Crippen molar-refractivity contribution in [1.82, 2.24) is 5.32 Å². The van der Waals surface area contributed by atoms with Crippen molar-refractivity contribution in [3.63, 3.8) is 0 Å². The summed E-state index contributed by atoms with van der Waals surface area (Å²) in [5.41, 5.74) is 0.192. The van der Waals surface area contributed by atoms with E-state index in [4.69, 9.17) is 4.74 Å². The Labute approximate surface area is 88.4 Å². The quantitative estimate of drug-likeness (QED) is 0.754. The summed E-state index contributed by atoms with van der Waals surface area (Å²) >= 11 is 0. The van der Waals surface area contributed by atoms with E-state index in [1.807, 2.05) is 0 Å². The Hall–Kier alpha value is -0.0800. The molecule has 1 N–H and O–H groups in total. The molecule has 0 radical (unpaired) electrons. The van der Waals surface area contributed by atoms with Gasteiger partial charge < -0.3 is 10.1 Å². The maximum atomic E-state index is 5.85. The molecule has 1 fully saturated rings. The fourth-order valence-electron chi connectivity index (χ4n) is 2.07. The minimum absolute atomic E-state index is 0.0172. The van der Waals surface area contributed by atoms with E-state index in [9.17, 15) is 0 Å². The van der Waals surface area contributed by atoms with Gasteiger partial charge in [-0.15, -0.1) is 0 Å². The zero-order valence-electron chi connectivity index (χ0n) is 10.3. The lowest BCUT2D eigenvalue weighted by Gasteiger charge is -2.50. The lowest BCUT2D eigenvalue weighted by molar-refractivity contribution is -0.149. The van der Waals surface area contributed by atoms with Gasteiger partial charge in [0, 0.05) is 18.1 Å². The summed E-state index contributed by atoms with van der Waals surface area (Å²) in [6.07, 6.45) is 2.34. The van der Waals surface area contributed by atoms with Crippen molar-refractivity contribution < 1.29 is 4.74 Å². The smallest absolute Gasteiger partial charge is 0.0692 e. The number of rotatable bonds is 3. The predicted octanol–water partition coefficient (Wildman–Crippen LogP) is 2.58. The van der Waals surface area contributed by atoms with E-state index >= 15 is 0 Å². The van der Waals surface area contributed by atoms with Gasteiger partial charge in [0.25, 0.3) is 0 Å².